The van der Waals surface area contributed by atoms with Gasteiger partial charge in [0.2, 0.25) is 11.8 Å². The van der Waals surface area contributed by atoms with Crippen LogP contribution in [0.5, 0.6) is 5.75 Å². The summed E-state index contributed by atoms with van der Waals surface area (Å²) in [5.41, 5.74) is 1.80. The number of carbonyl (C=O) groups excluding carboxylic acids is 2. The zero-order valence-electron chi connectivity index (χ0n) is 15.6. The predicted octanol–water partition coefficient (Wildman–Crippen LogP) is 1.89. The summed E-state index contributed by atoms with van der Waals surface area (Å²) in [4.78, 5) is 26.8. The fourth-order valence-corrected chi connectivity index (χ4v) is 3.61. The van der Waals surface area contributed by atoms with Crippen LogP contribution in [0.25, 0.3) is 0 Å². The molecular weight excluding hydrogens is 354 g/mol. The zero-order chi connectivity index (χ0) is 18.0. The molecule has 2 aliphatic rings. The molecule has 6 nitrogen and oxygen atoms in total. The van der Waals surface area contributed by atoms with E-state index in [-0.39, 0.29) is 42.6 Å². The van der Waals surface area contributed by atoms with Crippen molar-refractivity contribution in [2.45, 2.75) is 32.7 Å². The average molecular weight is 382 g/mol. The molecule has 2 aliphatic heterocycles. The number of hydrogen-bond acceptors (Lipinski definition) is 4. The Bertz CT molecular complexity index is 667. The lowest BCUT2D eigenvalue weighted by molar-refractivity contribution is -0.127. The molecule has 3 rings (SSSR count). The molecular formula is C19H28ClN3O3. The van der Waals surface area contributed by atoms with Gasteiger partial charge in [-0.2, -0.15) is 0 Å². The van der Waals surface area contributed by atoms with Crippen LogP contribution in [0, 0.1) is 18.8 Å². The van der Waals surface area contributed by atoms with Crippen molar-refractivity contribution in [3.05, 3.63) is 23.8 Å². The highest BCUT2D eigenvalue weighted by Gasteiger charge is 2.37. The minimum Gasteiger partial charge on any atom is -0.495 e. The summed E-state index contributed by atoms with van der Waals surface area (Å²) in [6.07, 6.45) is 1.30. The van der Waals surface area contributed by atoms with Gasteiger partial charge < -0.3 is 20.3 Å². The molecule has 0 radical (unpaired) electrons. The Morgan fingerprint density at radius 1 is 1.38 bits per heavy atom. The van der Waals surface area contributed by atoms with Gasteiger partial charge in [-0.25, -0.2) is 0 Å². The summed E-state index contributed by atoms with van der Waals surface area (Å²) in [5.74, 6) is 0.745. The van der Waals surface area contributed by atoms with Gasteiger partial charge in [0.1, 0.15) is 5.75 Å². The van der Waals surface area contributed by atoms with E-state index in [1.165, 1.54) is 0 Å². The van der Waals surface area contributed by atoms with Crippen LogP contribution >= 0.6 is 12.4 Å². The molecule has 0 aromatic heterocycles. The molecule has 2 heterocycles. The molecule has 3 atom stereocenters. The number of nitrogens with one attached hydrogen (secondary N) is 2. The van der Waals surface area contributed by atoms with Gasteiger partial charge in [-0.3, -0.25) is 9.59 Å². The van der Waals surface area contributed by atoms with Gasteiger partial charge in [-0.05, 0) is 43.5 Å². The molecule has 2 amide bonds. The number of carbonyl (C=O) groups is 2. The van der Waals surface area contributed by atoms with Gasteiger partial charge in [0, 0.05) is 25.6 Å². The molecule has 7 heteroatoms. The first-order chi connectivity index (χ1) is 12.0. The van der Waals surface area contributed by atoms with Gasteiger partial charge in [0.05, 0.1) is 18.7 Å². The quantitative estimate of drug-likeness (QED) is 0.835. The molecule has 0 bridgehead atoms. The van der Waals surface area contributed by atoms with Crippen LogP contribution in [0.15, 0.2) is 18.2 Å². The van der Waals surface area contributed by atoms with Crippen molar-refractivity contribution in [2.24, 2.45) is 11.8 Å². The Balaban J connectivity index is 0.00000243. The van der Waals surface area contributed by atoms with Gasteiger partial charge in [0.25, 0.3) is 0 Å². The number of anilines is 1. The predicted molar refractivity (Wildman–Crippen MR) is 104 cm³/mol. The van der Waals surface area contributed by atoms with Gasteiger partial charge in [-0.1, -0.05) is 13.0 Å². The number of halogens is 1. The Hall–Kier alpha value is -1.79. The number of ether oxygens (including phenoxy) is 1. The maximum Gasteiger partial charge on any atom is 0.227 e. The van der Waals surface area contributed by atoms with Gasteiger partial charge in [-0.15, -0.1) is 12.4 Å². The number of amides is 2. The third-order valence-electron chi connectivity index (χ3n) is 5.28. The molecule has 26 heavy (non-hydrogen) atoms. The number of aryl methyl sites for hydroxylation is 1. The van der Waals surface area contributed by atoms with Crippen LogP contribution in [0.2, 0.25) is 0 Å². The molecule has 144 valence electrons. The van der Waals surface area contributed by atoms with Crippen molar-refractivity contribution in [3.63, 3.8) is 0 Å². The summed E-state index contributed by atoms with van der Waals surface area (Å²) in [6.45, 7) is 6.33. The van der Waals surface area contributed by atoms with E-state index in [1.54, 1.807) is 12.0 Å². The first-order valence-corrected chi connectivity index (χ1v) is 8.95. The summed E-state index contributed by atoms with van der Waals surface area (Å²) in [5, 5.41) is 6.45. The molecule has 2 N–H and O–H groups in total. The lowest BCUT2D eigenvalue weighted by Gasteiger charge is -2.31. The highest BCUT2D eigenvalue weighted by molar-refractivity contribution is 6.01. The number of benzene rings is 1. The minimum absolute atomic E-state index is 0. The summed E-state index contributed by atoms with van der Waals surface area (Å²) in [6, 6.07) is 5.88. The van der Waals surface area contributed by atoms with E-state index in [9.17, 15) is 9.59 Å². The Labute approximate surface area is 161 Å². The van der Waals surface area contributed by atoms with Gasteiger partial charge in [0.15, 0.2) is 0 Å². The average Bonchev–Trinajstić information content (AvgIpc) is 2.98. The molecule has 2 saturated heterocycles. The monoisotopic (exact) mass is 381 g/mol. The van der Waals surface area contributed by atoms with Crippen LogP contribution in [0.4, 0.5) is 5.69 Å². The second-order valence-electron chi connectivity index (χ2n) is 7.17. The highest BCUT2D eigenvalue weighted by Crippen LogP contribution is 2.34. The van der Waals surface area contributed by atoms with Crippen molar-refractivity contribution in [1.29, 1.82) is 0 Å². The highest BCUT2D eigenvalue weighted by atomic mass is 35.5. The van der Waals surface area contributed by atoms with Crippen LogP contribution in [-0.2, 0) is 9.59 Å². The van der Waals surface area contributed by atoms with Gasteiger partial charge >= 0.3 is 0 Å². The number of methoxy groups -OCH3 is 1. The van der Waals surface area contributed by atoms with E-state index in [0.29, 0.717) is 18.2 Å². The SMILES string of the molecule is COc1ccc(C)cc1N1CC(C(=O)NC2CNCCC2C)CC1=O.Cl. The van der Waals surface area contributed by atoms with Crippen LogP contribution in [0.1, 0.15) is 25.3 Å². The zero-order valence-corrected chi connectivity index (χ0v) is 16.4. The lowest BCUT2D eigenvalue weighted by atomic mass is 9.94. The van der Waals surface area contributed by atoms with Crippen LogP contribution in [0.3, 0.4) is 0 Å². The van der Waals surface area contributed by atoms with Crippen molar-refractivity contribution in [3.8, 4) is 5.75 Å². The smallest absolute Gasteiger partial charge is 0.227 e. The molecule has 3 unspecified atom stereocenters. The van der Waals surface area contributed by atoms with E-state index >= 15 is 0 Å². The summed E-state index contributed by atoms with van der Waals surface area (Å²) in [7, 11) is 1.59. The normalized spacial score (nSPS) is 25.6. The fourth-order valence-electron chi connectivity index (χ4n) is 3.61. The maximum absolute atomic E-state index is 12.7. The standard InChI is InChI=1S/C19H27N3O3.ClH/c1-12-4-5-17(25-3)16(8-12)22-11-14(9-18(22)23)19(24)21-15-10-20-7-6-13(15)2;/h4-5,8,13-15,20H,6-7,9-11H2,1-3H3,(H,21,24);1H. The topological polar surface area (TPSA) is 70.7 Å². The van der Waals surface area contributed by atoms with E-state index in [1.807, 2.05) is 25.1 Å². The Morgan fingerprint density at radius 3 is 2.85 bits per heavy atom. The first kappa shape index (κ1) is 20.5. The maximum atomic E-state index is 12.7. The number of rotatable bonds is 4. The first-order valence-electron chi connectivity index (χ1n) is 8.95. The molecule has 0 saturated carbocycles. The van der Waals surface area contributed by atoms with E-state index in [0.717, 1.165) is 30.8 Å². The van der Waals surface area contributed by atoms with Crippen LogP contribution < -0.4 is 20.3 Å². The number of hydrogen-bond donors (Lipinski definition) is 2. The van der Waals surface area contributed by atoms with Crippen molar-refractivity contribution < 1.29 is 14.3 Å². The molecule has 0 aliphatic carbocycles. The molecule has 2 fully saturated rings. The molecule has 1 aromatic rings. The van der Waals surface area contributed by atoms with Crippen molar-refractivity contribution >= 4 is 29.9 Å². The number of nitrogens with zero attached hydrogens (tertiary/aromatic N) is 1. The minimum atomic E-state index is -0.313. The fraction of sp³-hybridized carbons (Fsp3) is 0.579. The second-order valence-corrected chi connectivity index (χ2v) is 7.17. The third-order valence-corrected chi connectivity index (χ3v) is 5.28. The Kier molecular flexibility index (Phi) is 6.89. The Morgan fingerprint density at radius 2 is 2.15 bits per heavy atom. The lowest BCUT2D eigenvalue weighted by Crippen LogP contribution is -2.51. The van der Waals surface area contributed by atoms with E-state index in [4.69, 9.17) is 4.74 Å². The summed E-state index contributed by atoms with van der Waals surface area (Å²) >= 11 is 0. The molecule has 1 aromatic carbocycles. The van der Waals surface area contributed by atoms with Crippen molar-refractivity contribution in [2.75, 3.05) is 31.6 Å². The largest absolute Gasteiger partial charge is 0.495 e. The van der Waals surface area contributed by atoms with E-state index < -0.39 is 0 Å². The second kappa shape index (κ2) is 8.73. The third kappa shape index (κ3) is 4.30. The van der Waals surface area contributed by atoms with Crippen LogP contribution in [-0.4, -0.2) is 44.6 Å². The number of piperidine rings is 1. The summed E-state index contributed by atoms with van der Waals surface area (Å²) < 4.78 is 5.39. The van der Waals surface area contributed by atoms with E-state index in [2.05, 4.69) is 17.6 Å². The van der Waals surface area contributed by atoms with Crippen molar-refractivity contribution in [1.82, 2.24) is 10.6 Å². The molecule has 0 spiro atoms.